The highest BCUT2D eigenvalue weighted by molar-refractivity contribution is 7.25. The molecule has 0 bridgehead atoms. The van der Waals surface area contributed by atoms with Crippen LogP contribution in [0.5, 0.6) is 0 Å². The van der Waals surface area contributed by atoms with Gasteiger partial charge in [0, 0.05) is 47.3 Å². The molecule has 0 spiro atoms. The minimum atomic E-state index is 0.692. The van der Waals surface area contributed by atoms with E-state index < -0.39 is 0 Å². The number of para-hydroxylation sites is 1. The molecule has 0 amide bonds. The van der Waals surface area contributed by atoms with Crippen LogP contribution in [0.1, 0.15) is 11.1 Å². The molecule has 0 unspecified atom stereocenters. The Morgan fingerprint density at radius 3 is 2.14 bits per heavy atom. The first kappa shape index (κ1) is 23.6. The van der Waals surface area contributed by atoms with E-state index in [2.05, 4.69) is 128 Å². The number of fused-ring (bicyclic) bond motifs is 9. The molecule has 0 saturated heterocycles. The Labute approximate surface area is 246 Å². The maximum Gasteiger partial charge on any atom is 0.235 e. The standard InChI is InChI=1S/C38H25N3S/c1-22-16-17-34-29(18-22)30-20-28-31-19-23(2)25-12-6-7-13-26(25)37(31)41(33(28)21-35(30)42-34)38-39-32-15-9-8-14-27(32)36(40-38)24-10-4-3-5-11-24/h3-21H,1-2H3. The fourth-order valence-corrected chi connectivity index (χ4v) is 7.72. The molecule has 3 heterocycles. The van der Waals surface area contributed by atoms with Crippen LogP contribution < -0.4 is 0 Å². The summed E-state index contributed by atoms with van der Waals surface area (Å²) in [5.41, 5.74) is 7.80. The first-order valence-corrected chi connectivity index (χ1v) is 15.1. The van der Waals surface area contributed by atoms with Gasteiger partial charge in [0.15, 0.2) is 0 Å². The Kier molecular flexibility index (Phi) is 4.90. The van der Waals surface area contributed by atoms with Crippen LogP contribution in [0.4, 0.5) is 0 Å². The van der Waals surface area contributed by atoms with Gasteiger partial charge < -0.3 is 0 Å². The third-order valence-electron chi connectivity index (χ3n) is 8.56. The first-order valence-electron chi connectivity index (χ1n) is 14.3. The highest BCUT2D eigenvalue weighted by atomic mass is 32.1. The predicted molar refractivity (Wildman–Crippen MR) is 179 cm³/mol. The van der Waals surface area contributed by atoms with Crippen LogP contribution in [-0.2, 0) is 0 Å². The van der Waals surface area contributed by atoms with Crippen molar-refractivity contribution in [2.75, 3.05) is 0 Å². The van der Waals surface area contributed by atoms with Crippen LogP contribution >= 0.6 is 11.3 Å². The van der Waals surface area contributed by atoms with Crippen molar-refractivity contribution in [2.24, 2.45) is 0 Å². The van der Waals surface area contributed by atoms with Crippen molar-refractivity contribution in [2.45, 2.75) is 13.8 Å². The van der Waals surface area contributed by atoms with E-state index in [0.717, 1.165) is 33.2 Å². The summed E-state index contributed by atoms with van der Waals surface area (Å²) in [5.74, 6) is 0.692. The highest BCUT2D eigenvalue weighted by Crippen LogP contribution is 2.43. The maximum atomic E-state index is 5.33. The second-order valence-electron chi connectivity index (χ2n) is 11.2. The first-order chi connectivity index (χ1) is 20.6. The molecule has 9 rings (SSSR count). The van der Waals surface area contributed by atoms with Crippen molar-refractivity contribution >= 4 is 75.0 Å². The van der Waals surface area contributed by atoms with Gasteiger partial charge in [-0.15, -0.1) is 11.3 Å². The fraction of sp³-hybridized carbons (Fsp3) is 0.0526. The molecule has 0 aliphatic carbocycles. The molecule has 0 aliphatic heterocycles. The number of benzene rings is 6. The van der Waals surface area contributed by atoms with Gasteiger partial charge >= 0.3 is 0 Å². The molecule has 3 aromatic heterocycles. The second kappa shape index (κ2) is 8.72. The lowest BCUT2D eigenvalue weighted by Gasteiger charge is -2.13. The average molecular weight is 556 g/mol. The average Bonchev–Trinajstić information content (AvgIpc) is 3.54. The normalized spacial score (nSPS) is 12.0. The summed E-state index contributed by atoms with van der Waals surface area (Å²) in [4.78, 5) is 10.6. The van der Waals surface area contributed by atoms with Gasteiger partial charge in [0.05, 0.1) is 22.2 Å². The van der Waals surface area contributed by atoms with Crippen LogP contribution in [0.2, 0.25) is 0 Å². The number of thiophene rings is 1. The summed E-state index contributed by atoms with van der Waals surface area (Å²) >= 11 is 1.85. The van der Waals surface area contributed by atoms with Crippen molar-refractivity contribution in [3.63, 3.8) is 0 Å². The third kappa shape index (κ3) is 3.33. The molecule has 198 valence electrons. The van der Waals surface area contributed by atoms with E-state index in [1.807, 2.05) is 17.4 Å². The zero-order valence-corrected chi connectivity index (χ0v) is 24.0. The fourth-order valence-electron chi connectivity index (χ4n) is 6.62. The number of hydrogen-bond donors (Lipinski definition) is 0. The Bertz CT molecular complexity index is 2540. The minimum absolute atomic E-state index is 0.692. The van der Waals surface area contributed by atoms with Gasteiger partial charge in [-0.3, -0.25) is 4.57 Å². The smallest absolute Gasteiger partial charge is 0.235 e. The molecule has 9 aromatic rings. The lowest BCUT2D eigenvalue weighted by atomic mass is 10.0. The SMILES string of the molecule is Cc1ccc2sc3cc4c(cc3c2c1)c1cc(C)c2ccccc2c1n4-c1nc(-c2ccccc2)c2ccccc2n1. The van der Waals surface area contributed by atoms with E-state index in [-0.39, 0.29) is 0 Å². The maximum absolute atomic E-state index is 5.33. The Morgan fingerprint density at radius 2 is 1.29 bits per heavy atom. The number of aromatic nitrogens is 3. The van der Waals surface area contributed by atoms with Gasteiger partial charge in [0.25, 0.3) is 0 Å². The van der Waals surface area contributed by atoms with Crippen molar-refractivity contribution in [1.82, 2.24) is 14.5 Å². The molecule has 0 N–H and O–H groups in total. The van der Waals surface area contributed by atoms with Gasteiger partial charge in [-0.05, 0) is 61.2 Å². The molecular formula is C38H25N3S. The van der Waals surface area contributed by atoms with Crippen molar-refractivity contribution < 1.29 is 0 Å². The van der Waals surface area contributed by atoms with Crippen LogP contribution in [0.3, 0.4) is 0 Å². The monoisotopic (exact) mass is 555 g/mol. The lowest BCUT2D eigenvalue weighted by molar-refractivity contribution is 1.02. The topological polar surface area (TPSA) is 30.7 Å². The van der Waals surface area contributed by atoms with Crippen LogP contribution in [0.15, 0.2) is 115 Å². The Hall–Kier alpha value is -5.06. The lowest BCUT2D eigenvalue weighted by Crippen LogP contribution is -2.03. The van der Waals surface area contributed by atoms with Crippen molar-refractivity contribution in [3.8, 4) is 17.2 Å². The van der Waals surface area contributed by atoms with Crippen LogP contribution in [0, 0.1) is 13.8 Å². The number of hydrogen-bond acceptors (Lipinski definition) is 3. The predicted octanol–water partition coefficient (Wildman–Crippen LogP) is 10.5. The molecule has 0 fully saturated rings. The van der Waals surface area contributed by atoms with Crippen LogP contribution in [-0.4, -0.2) is 14.5 Å². The molecule has 0 radical (unpaired) electrons. The third-order valence-corrected chi connectivity index (χ3v) is 9.69. The van der Waals surface area contributed by atoms with E-state index in [1.165, 1.54) is 52.8 Å². The Morgan fingerprint density at radius 1 is 0.548 bits per heavy atom. The zero-order chi connectivity index (χ0) is 27.9. The summed E-state index contributed by atoms with van der Waals surface area (Å²) in [6.45, 7) is 4.39. The molecule has 3 nitrogen and oxygen atoms in total. The molecule has 0 aliphatic rings. The highest BCUT2D eigenvalue weighted by Gasteiger charge is 2.21. The molecule has 42 heavy (non-hydrogen) atoms. The zero-order valence-electron chi connectivity index (χ0n) is 23.2. The van der Waals surface area contributed by atoms with Gasteiger partial charge in [-0.25, -0.2) is 9.97 Å². The molecule has 4 heteroatoms. The molecule has 6 aromatic carbocycles. The number of nitrogens with zero attached hydrogens (tertiary/aromatic N) is 3. The second-order valence-corrected chi connectivity index (χ2v) is 12.3. The summed E-state index contributed by atoms with van der Waals surface area (Å²) in [6, 6.07) is 41.4. The molecule has 0 saturated carbocycles. The number of aryl methyl sites for hydroxylation is 2. The van der Waals surface area contributed by atoms with E-state index in [4.69, 9.17) is 9.97 Å². The van der Waals surface area contributed by atoms with E-state index in [0.29, 0.717) is 5.95 Å². The summed E-state index contributed by atoms with van der Waals surface area (Å²) in [5, 5.41) is 8.60. The number of rotatable bonds is 2. The quantitative estimate of drug-likeness (QED) is 0.212. The van der Waals surface area contributed by atoms with Crippen molar-refractivity contribution in [1.29, 1.82) is 0 Å². The van der Waals surface area contributed by atoms with Gasteiger partial charge in [-0.1, -0.05) is 84.4 Å². The van der Waals surface area contributed by atoms with Crippen molar-refractivity contribution in [3.05, 3.63) is 126 Å². The largest absolute Gasteiger partial charge is 0.277 e. The molecular weight excluding hydrogens is 531 g/mol. The van der Waals surface area contributed by atoms with Gasteiger partial charge in [0.2, 0.25) is 5.95 Å². The van der Waals surface area contributed by atoms with Gasteiger partial charge in [-0.2, -0.15) is 0 Å². The van der Waals surface area contributed by atoms with E-state index in [9.17, 15) is 0 Å². The summed E-state index contributed by atoms with van der Waals surface area (Å²) in [6.07, 6.45) is 0. The molecule has 0 atom stereocenters. The van der Waals surface area contributed by atoms with Crippen LogP contribution in [0.25, 0.3) is 80.9 Å². The minimum Gasteiger partial charge on any atom is -0.277 e. The van der Waals surface area contributed by atoms with Gasteiger partial charge in [0.1, 0.15) is 0 Å². The summed E-state index contributed by atoms with van der Waals surface area (Å²) in [7, 11) is 0. The Balaban J connectivity index is 1.49. The van der Waals surface area contributed by atoms with E-state index >= 15 is 0 Å². The summed E-state index contributed by atoms with van der Waals surface area (Å²) < 4.78 is 4.90. The van der Waals surface area contributed by atoms with E-state index in [1.54, 1.807) is 0 Å².